The molecule has 0 saturated heterocycles. The van der Waals surface area contributed by atoms with Crippen LogP contribution in [0.2, 0.25) is 0 Å². The predicted octanol–water partition coefficient (Wildman–Crippen LogP) is 3.99. The first-order valence-electron chi connectivity index (χ1n) is 8.78. The van der Waals surface area contributed by atoms with E-state index in [1.54, 1.807) is 26.0 Å². The summed E-state index contributed by atoms with van der Waals surface area (Å²) in [7, 11) is 0. The molecule has 0 aromatic heterocycles. The number of alkyl halides is 3. The first kappa shape index (κ1) is 23.1. The Morgan fingerprint density at radius 2 is 1.83 bits per heavy atom. The Bertz CT molecular complexity index is 914. The molecule has 0 bridgehead atoms. The molecule has 0 aliphatic heterocycles. The number of halogens is 4. The molecule has 2 N–H and O–H groups in total. The van der Waals surface area contributed by atoms with Gasteiger partial charge in [-0.2, -0.15) is 18.7 Å². The van der Waals surface area contributed by atoms with Crippen LogP contribution < -0.4 is 10.3 Å². The molecule has 1 amide bonds. The quantitative estimate of drug-likeness (QED) is 0.490. The number of amides is 1. The summed E-state index contributed by atoms with van der Waals surface area (Å²) in [6.45, 7) is 3.40. The van der Waals surface area contributed by atoms with Crippen LogP contribution >= 0.6 is 0 Å². The van der Waals surface area contributed by atoms with E-state index in [-0.39, 0.29) is 24.3 Å². The molecule has 162 valence electrons. The zero-order valence-electron chi connectivity index (χ0n) is 16.0. The van der Waals surface area contributed by atoms with Crippen molar-refractivity contribution in [2.75, 3.05) is 0 Å². The largest absolute Gasteiger partial charge is 0.479 e. The molecule has 0 heterocycles. The standard InChI is InChI=1S/C20H19F4NO5/c1-11(2)29-17(19(27)28)9-12-4-3-5-14(8-12)30-25-18(26)15-7-6-13(10-16(15)21)20(22,23)24/h3-8,10-11,17H,9H2,1-2H3,(H,25,26)(H,27,28). The number of carbonyl (C=O) groups excluding carboxylic acids is 1. The lowest BCUT2D eigenvalue weighted by Crippen LogP contribution is -2.29. The second-order valence-corrected chi connectivity index (χ2v) is 6.59. The smallest absolute Gasteiger partial charge is 0.416 e. The Hall–Kier alpha value is -3.14. The topological polar surface area (TPSA) is 84.9 Å². The molecular weight excluding hydrogens is 410 g/mol. The highest BCUT2D eigenvalue weighted by Crippen LogP contribution is 2.30. The zero-order valence-corrected chi connectivity index (χ0v) is 16.0. The first-order chi connectivity index (χ1) is 14.0. The van der Waals surface area contributed by atoms with Crippen LogP contribution in [0, 0.1) is 5.82 Å². The van der Waals surface area contributed by atoms with Crippen LogP contribution in [0.1, 0.15) is 35.3 Å². The van der Waals surface area contributed by atoms with Crippen LogP contribution in [0.3, 0.4) is 0 Å². The highest BCUT2D eigenvalue weighted by atomic mass is 19.4. The SMILES string of the molecule is CC(C)OC(Cc1cccc(ONC(=O)c2ccc(C(F)(F)F)cc2F)c1)C(=O)O. The molecule has 1 atom stereocenters. The van der Waals surface area contributed by atoms with Crippen molar-refractivity contribution in [3.8, 4) is 5.75 Å². The number of hydrogen-bond donors (Lipinski definition) is 2. The molecule has 0 saturated carbocycles. The second-order valence-electron chi connectivity index (χ2n) is 6.59. The van der Waals surface area contributed by atoms with Crippen LogP contribution in [0.25, 0.3) is 0 Å². The fraction of sp³-hybridized carbons (Fsp3) is 0.300. The molecule has 0 fully saturated rings. The molecule has 2 rings (SSSR count). The van der Waals surface area contributed by atoms with Gasteiger partial charge >= 0.3 is 12.1 Å². The van der Waals surface area contributed by atoms with Gasteiger partial charge in [-0.1, -0.05) is 12.1 Å². The fourth-order valence-corrected chi connectivity index (χ4v) is 2.51. The van der Waals surface area contributed by atoms with E-state index in [0.717, 1.165) is 0 Å². The number of carboxylic acid groups (broad SMARTS) is 1. The summed E-state index contributed by atoms with van der Waals surface area (Å²) in [5.41, 5.74) is 0.630. The first-order valence-corrected chi connectivity index (χ1v) is 8.78. The highest BCUT2D eigenvalue weighted by molar-refractivity contribution is 5.93. The number of carboxylic acids is 1. The van der Waals surface area contributed by atoms with Gasteiger partial charge in [-0.05, 0) is 49.7 Å². The van der Waals surface area contributed by atoms with Crippen molar-refractivity contribution >= 4 is 11.9 Å². The van der Waals surface area contributed by atoms with E-state index in [4.69, 9.17) is 9.57 Å². The van der Waals surface area contributed by atoms with Gasteiger partial charge < -0.3 is 14.7 Å². The van der Waals surface area contributed by atoms with E-state index < -0.39 is 41.1 Å². The summed E-state index contributed by atoms with van der Waals surface area (Å²) in [4.78, 5) is 28.4. The number of hydroxylamine groups is 1. The molecular formula is C20H19F4NO5. The molecule has 0 aliphatic carbocycles. The van der Waals surface area contributed by atoms with Gasteiger partial charge in [-0.15, -0.1) is 0 Å². The van der Waals surface area contributed by atoms with Gasteiger partial charge in [0.15, 0.2) is 11.9 Å². The molecule has 2 aromatic carbocycles. The van der Waals surface area contributed by atoms with Crippen LogP contribution in [0.4, 0.5) is 17.6 Å². The highest BCUT2D eigenvalue weighted by Gasteiger charge is 2.31. The van der Waals surface area contributed by atoms with Crippen LogP contribution in [-0.4, -0.2) is 29.2 Å². The lowest BCUT2D eigenvalue weighted by Gasteiger charge is -2.17. The molecule has 10 heteroatoms. The maximum Gasteiger partial charge on any atom is 0.416 e. The normalized spacial score (nSPS) is 12.5. The minimum absolute atomic E-state index is 0.0339. The van der Waals surface area contributed by atoms with Crippen molar-refractivity contribution < 1.29 is 41.8 Å². The summed E-state index contributed by atoms with van der Waals surface area (Å²) < 4.78 is 56.9. The van der Waals surface area contributed by atoms with E-state index in [1.165, 1.54) is 12.1 Å². The number of rotatable bonds is 8. The van der Waals surface area contributed by atoms with Gasteiger partial charge in [0.05, 0.1) is 17.2 Å². The number of ether oxygens (including phenoxy) is 1. The van der Waals surface area contributed by atoms with Crippen molar-refractivity contribution in [3.05, 3.63) is 65.0 Å². The molecule has 0 spiro atoms. The van der Waals surface area contributed by atoms with Gasteiger partial charge in [-0.25, -0.2) is 9.18 Å². The third kappa shape index (κ3) is 6.45. The van der Waals surface area contributed by atoms with E-state index in [0.29, 0.717) is 17.7 Å². The van der Waals surface area contributed by atoms with Gasteiger partial charge in [0, 0.05) is 6.42 Å². The number of hydrogen-bond acceptors (Lipinski definition) is 4. The molecule has 30 heavy (non-hydrogen) atoms. The Morgan fingerprint density at radius 1 is 1.13 bits per heavy atom. The lowest BCUT2D eigenvalue weighted by molar-refractivity contribution is -0.153. The minimum atomic E-state index is -4.74. The molecule has 0 radical (unpaired) electrons. The summed E-state index contributed by atoms with van der Waals surface area (Å²) in [5, 5.41) is 9.23. The molecule has 0 aliphatic rings. The number of nitrogens with one attached hydrogen (secondary N) is 1. The molecule has 1 unspecified atom stereocenters. The average Bonchev–Trinajstić information content (AvgIpc) is 2.64. The van der Waals surface area contributed by atoms with Crippen molar-refractivity contribution in [2.24, 2.45) is 0 Å². The van der Waals surface area contributed by atoms with E-state index in [1.807, 2.05) is 5.48 Å². The van der Waals surface area contributed by atoms with Gasteiger partial charge in [0.1, 0.15) is 5.82 Å². The monoisotopic (exact) mass is 429 g/mol. The molecule has 6 nitrogen and oxygen atoms in total. The van der Waals surface area contributed by atoms with Gasteiger partial charge in [0.25, 0.3) is 5.91 Å². The van der Waals surface area contributed by atoms with Crippen LogP contribution in [0.5, 0.6) is 5.75 Å². The van der Waals surface area contributed by atoms with Crippen LogP contribution in [0.15, 0.2) is 42.5 Å². The summed E-state index contributed by atoms with van der Waals surface area (Å²) in [6, 6.07) is 7.58. The number of benzene rings is 2. The van der Waals surface area contributed by atoms with E-state index >= 15 is 0 Å². The Balaban J connectivity index is 2.05. The predicted molar refractivity (Wildman–Crippen MR) is 97.3 cm³/mol. The third-order valence-corrected chi connectivity index (χ3v) is 3.83. The average molecular weight is 429 g/mol. The lowest BCUT2D eigenvalue weighted by atomic mass is 10.1. The van der Waals surface area contributed by atoms with E-state index in [2.05, 4.69) is 0 Å². The van der Waals surface area contributed by atoms with Gasteiger partial charge in [0.2, 0.25) is 0 Å². The summed E-state index contributed by atoms with van der Waals surface area (Å²) in [5.74, 6) is -3.46. The maximum atomic E-state index is 13.9. The van der Waals surface area contributed by atoms with Crippen molar-refractivity contribution in [3.63, 3.8) is 0 Å². The van der Waals surface area contributed by atoms with Crippen molar-refractivity contribution in [1.29, 1.82) is 0 Å². The fourth-order valence-electron chi connectivity index (χ4n) is 2.51. The summed E-state index contributed by atoms with van der Waals surface area (Å²) >= 11 is 0. The Morgan fingerprint density at radius 3 is 2.40 bits per heavy atom. The minimum Gasteiger partial charge on any atom is -0.479 e. The molecule has 2 aromatic rings. The maximum absolute atomic E-state index is 13.9. The van der Waals surface area contributed by atoms with E-state index in [9.17, 15) is 32.3 Å². The summed E-state index contributed by atoms with van der Waals surface area (Å²) in [6.07, 6.45) is -6.09. The van der Waals surface area contributed by atoms with Crippen molar-refractivity contribution in [2.45, 2.75) is 38.7 Å². The Kier molecular flexibility index (Phi) is 7.38. The van der Waals surface area contributed by atoms with Gasteiger partial charge in [-0.3, -0.25) is 4.79 Å². The second kappa shape index (κ2) is 9.57. The van der Waals surface area contributed by atoms with Crippen LogP contribution in [-0.2, 0) is 22.1 Å². The van der Waals surface area contributed by atoms with Crippen molar-refractivity contribution in [1.82, 2.24) is 5.48 Å². The zero-order chi connectivity index (χ0) is 22.5. The number of carbonyl (C=O) groups is 2. The number of aliphatic carboxylic acids is 1. The third-order valence-electron chi connectivity index (χ3n) is 3.83. The Labute approximate surface area is 169 Å².